The number of hydrogen-bond acceptors (Lipinski definition) is 6. The minimum Gasteiger partial charge on any atom is -0.495 e. The lowest BCUT2D eigenvalue weighted by atomic mass is 10.0. The monoisotopic (exact) mass is 447 g/mol. The van der Waals surface area contributed by atoms with Crippen molar-refractivity contribution in [3.8, 4) is 11.8 Å². The van der Waals surface area contributed by atoms with E-state index in [-0.39, 0.29) is 0 Å². The summed E-state index contributed by atoms with van der Waals surface area (Å²) in [5.74, 6) is 0.286. The van der Waals surface area contributed by atoms with Gasteiger partial charge in [0.2, 0.25) is 5.91 Å². The molecule has 0 bridgehead atoms. The van der Waals surface area contributed by atoms with Crippen molar-refractivity contribution in [3.05, 3.63) is 64.8 Å². The molecule has 0 saturated carbocycles. The molecule has 3 aromatic rings. The maximum Gasteiger partial charge on any atom is 0.241 e. The van der Waals surface area contributed by atoms with Crippen LogP contribution in [-0.4, -0.2) is 31.1 Å². The molecule has 7 nitrogen and oxygen atoms in total. The fraction of sp³-hybridized carbons (Fsp3) is 0.208. The van der Waals surface area contributed by atoms with Crippen LogP contribution in [0.1, 0.15) is 18.4 Å². The van der Waals surface area contributed by atoms with Crippen LogP contribution in [0.2, 0.25) is 5.02 Å². The Kier molecular flexibility index (Phi) is 6.15. The summed E-state index contributed by atoms with van der Waals surface area (Å²) in [6, 6.07) is 13.4. The number of nitrogens with two attached hydrogens (primary N) is 1. The molecular weight excluding hydrogens is 426 g/mol. The summed E-state index contributed by atoms with van der Waals surface area (Å²) >= 11 is 6.14. The van der Waals surface area contributed by atoms with Gasteiger partial charge in [-0.25, -0.2) is 0 Å². The van der Waals surface area contributed by atoms with E-state index in [1.165, 1.54) is 6.08 Å². The van der Waals surface area contributed by atoms with Gasteiger partial charge in [-0.2, -0.15) is 5.26 Å². The van der Waals surface area contributed by atoms with E-state index < -0.39 is 5.91 Å². The molecule has 0 radical (unpaired) electrons. The zero-order valence-electron chi connectivity index (χ0n) is 17.6. The molecule has 2 heterocycles. The van der Waals surface area contributed by atoms with E-state index in [1.54, 1.807) is 25.4 Å². The Labute approximate surface area is 191 Å². The highest BCUT2D eigenvalue weighted by atomic mass is 35.5. The topological polar surface area (TPSA) is 104 Å². The number of carbonyl (C=O) groups excluding carboxylic acids is 1. The summed E-state index contributed by atoms with van der Waals surface area (Å²) in [4.78, 5) is 17.9. The largest absolute Gasteiger partial charge is 0.495 e. The standard InChI is InChI=1S/C24H22ClN5O2/c1-32-22-12-20-19(11-21(22)30-7-5-15(6-8-30)9-23(27)31)24(16(13-26)14-28-20)29-18-4-2-3-17(25)10-18/h2-4,9-12,14H,5-8H2,1H3,(H2,27,31)(H,28,29). The molecule has 1 saturated heterocycles. The first-order chi connectivity index (χ1) is 15.5. The van der Waals surface area contributed by atoms with E-state index in [9.17, 15) is 10.1 Å². The van der Waals surface area contributed by atoms with E-state index in [0.29, 0.717) is 27.5 Å². The number of nitrogens with zero attached hydrogens (tertiary/aromatic N) is 3. The van der Waals surface area contributed by atoms with Crippen LogP contribution in [0.25, 0.3) is 10.9 Å². The van der Waals surface area contributed by atoms with Gasteiger partial charge in [0.25, 0.3) is 0 Å². The summed E-state index contributed by atoms with van der Waals surface area (Å²) in [5, 5.41) is 14.4. The number of aromatic nitrogens is 1. The number of carbonyl (C=O) groups is 1. The normalized spacial score (nSPS) is 13.5. The summed E-state index contributed by atoms with van der Waals surface area (Å²) in [5.41, 5.74) is 9.83. The van der Waals surface area contributed by atoms with Gasteiger partial charge in [0.05, 0.1) is 29.6 Å². The molecule has 1 amide bonds. The van der Waals surface area contributed by atoms with Crippen molar-refractivity contribution in [3.63, 3.8) is 0 Å². The van der Waals surface area contributed by atoms with Crippen molar-refractivity contribution in [1.29, 1.82) is 5.26 Å². The van der Waals surface area contributed by atoms with Gasteiger partial charge < -0.3 is 20.7 Å². The van der Waals surface area contributed by atoms with Crippen LogP contribution < -0.4 is 20.7 Å². The molecule has 4 rings (SSSR count). The molecule has 0 spiro atoms. The minimum absolute atomic E-state index is 0.413. The summed E-state index contributed by atoms with van der Waals surface area (Å²) in [6.45, 7) is 1.45. The van der Waals surface area contributed by atoms with Crippen molar-refractivity contribution < 1.29 is 9.53 Å². The molecule has 0 unspecified atom stereocenters. The number of benzene rings is 2. The molecule has 2 aromatic carbocycles. The van der Waals surface area contributed by atoms with Crippen molar-refractivity contribution in [2.75, 3.05) is 30.4 Å². The van der Waals surface area contributed by atoms with Crippen molar-refractivity contribution in [1.82, 2.24) is 4.98 Å². The van der Waals surface area contributed by atoms with Gasteiger partial charge in [-0.1, -0.05) is 23.2 Å². The zero-order chi connectivity index (χ0) is 22.7. The first kappa shape index (κ1) is 21.5. The molecule has 1 aliphatic heterocycles. The van der Waals surface area contributed by atoms with E-state index in [0.717, 1.165) is 48.3 Å². The average molecular weight is 448 g/mol. The molecule has 1 aromatic heterocycles. The second-order valence-corrected chi connectivity index (χ2v) is 7.96. The van der Waals surface area contributed by atoms with Crippen molar-refractivity contribution in [2.24, 2.45) is 5.73 Å². The van der Waals surface area contributed by atoms with Gasteiger partial charge in [-0.05, 0) is 37.1 Å². The van der Waals surface area contributed by atoms with Crippen LogP contribution in [0, 0.1) is 11.3 Å². The first-order valence-corrected chi connectivity index (χ1v) is 10.5. The molecule has 32 heavy (non-hydrogen) atoms. The number of rotatable bonds is 5. The molecular formula is C24H22ClN5O2. The minimum atomic E-state index is -0.413. The Balaban J connectivity index is 1.77. The fourth-order valence-corrected chi connectivity index (χ4v) is 4.12. The number of pyridine rings is 1. The maximum absolute atomic E-state index is 11.2. The molecule has 3 N–H and O–H groups in total. The summed E-state index contributed by atoms with van der Waals surface area (Å²) in [6.07, 6.45) is 4.56. The number of ether oxygens (including phenoxy) is 1. The highest BCUT2D eigenvalue weighted by Crippen LogP contribution is 2.39. The van der Waals surface area contributed by atoms with E-state index in [2.05, 4.69) is 21.3 Å². The number of primary amides is 1. The third-order valence-electron chi connectivity index (χ3n) is 5.48. The van der Waals surface area contributed by atoms with Gasteiger partial charge >= 0.3 is 0 Å². The molecule has 8 heteroatoms. The quantitative estimate of drug-likeness (QED) is 0.557. The van der Waals surface area contributed by atoms with Crippen LogP contribution in [0.3, 0.4) is 0 Å². The lowest BCUT2D eigenvalue weighted by Gasteiger charge is -2.31. The average Bonchev–Trinajstić information content (AvgIpc) is 2.78. The number of hydrogen-bond donors (Lipinski definition) is 2. The van der Waals surface area contributed by atoms with Gasteiger partial charge in [-0.15, -0.1) is 0 Å². The second-order valence-electron chi connectivity index (χ2n) is 7.53. The zero-order valence-corrected chi connectivity index (χ0v) is 18.3. The SMILES string of the molecule is COc1cc2ncc(C#N)c(Nc3cccc(Cl)c3)c2cc1N1CCC(=CC(N)=O)CC1. The van der Waals surface area contributed by atoms with E-state index in [4.69, 9.17) is 22.1 Å². The predicted molar refractivity (Wildman–Crippen MR) is 126 cm³/mol. The van der Waals surface area contributed by atoms with Gasteiger partial charge in [0.15, 0.2) is 0 Å². The van der Waals surface area contributed by atoms with Crippen LogP contribution in [-0.2, 0) is 4.79 Å². The van der Waals surface area contributed by atoms with Crippen LogP contribution in [0.4, 0.5) is 17.1 Å². The highest BCUT2D eigenvalue weighted by Gasteiger charge is 2.21. The molecule has 162 valence electrons. The molecule has 0 atom stereocenters. The second kappa shape index (κ2) is 9.16. The van der Waals surface area contributed by atoms with Gasteiger partial charge in [-0.3, -0.25) is 9.78 Å². The van der Waals surface area contributed by atoms with Gasteiger partial charge in [0.1, 0.15) is 11.8 Å². The number of fused-ring (bicyclic) bond motifs is 1. The number of halogens is 1. The lowest BCUT2D eigenvalue weighted by Crippen LogP contribution is -2.31. The van der Waals surface area contributed by atoms with Crippen molar-refractivity contribution in [2.45, 2.75) is 12.8 Å². The lowest BCUT2D eigenvalue weighted by molar-refractivity contribution is -0.113. The van der Waals surface area contributed by atoms with E-state index >= 15 is 0 Å². The predicted octanol–water partition coefficient (Wildman–Crippen LogP) is 4.52. The Morgan fingerprint density at radius 3 is 2.75 bits per heavy atom. The Hall–Kier alpha value is -3.76. The number of methoxy groups -OCH3 is 1. The number of anilines is 3. The summed E-state index contributed by atoms with van der Waals surface area (Å²) in [7, 11) is 1.63. The highest BCUT2D eigenvalue weighted by molar-refractivity contribution is 6.30. The fourth-order valence-electron chi connectivity index (χ4n) is 3.93. The molecule has 1 aliphatic rings. The third-order valence-corrected chi connectivity index (χ3v) is 5.71. The number of nitriles is 1. The number of piperidine rings is 1. The smallest absolute Gasteiger partial charge is 0.241 e. The molecule has 0 aliphatic carbocycles. The Bertz CT molecular complexity index is 1260. The Morgan fingerprint density at radius 1 is 1.31 bits per heavy atom. The number of nitrogens with one attached hydrogen (secondary N) is 1. The van der Waals surface area contributed by atoms with Crippen LogP contribution in [0.5, 0.6) is 5.75 Å². The third kappa shape index (κ3) is 4.46. The summed E-state index contributed by atoms with van der Waals surface area (Å²) < 4.78 is 5.66. The van der Waals surface area contributed by atoms with E-state index in [1.807, 2.05) is 24.3 Å². The van der Waals surface area contributed by atoms with Crippen LogP contribution in [0.15, 0.2) is 54.2 Å². The maximum atomic E-state index is 11.2. The molecule has 1 fully saturated rings. The first-order valence-electron chi connectivity index (χ1n) is 10.2. The Morgan fingerprint density at radius 2 is 2.09 bits per heavy atom. The van der Waals surface area contributed by atoms with Gasteiger partial charge in [0, 0.05) is 47.5 Å². The van der Waals surface area contributed by atoms with Crippen molar-refractivity contribution >= 4 is 45.5 Å². The number of amides is 1. The van der Waals surface area contributed by atoms with Crippen LogP contribution >= 0.6 is 11.6 Å².